The van der Waals surface area contributed by atoms with Crippen molar-refractivity contribution < 1.29 is 4.42 Å². The van der Waals surface area contributed by atoms with E-state index in [2.05, 4.69) is 31.2 Å². The number of halogens is 1. The van der Waals surface area contributed by atoms with Crippen LogP contribution in [-0.2, 0) is 6.42 Å². The van der Waals surface area contributed by atoms with Crippen molar-refractivity contribution in [2.24, 2.45) is 0 Å². The molecule has 0 radical (unpaired) electrons. The van der Waals surface area contributed by atoms with Crippen LogP contribution in [0, 0.1) is 0 Å². The van der Waals surface area contributed by atoms with Crippen molar-refractivity contribution in [1.29, 1.82) is 0 Å². The standard InChI is InChI=1S/C10H12BrN3O/c1-12-7(6-10-13-4-5-14-10)8-2-3-9(11)15-8/h2-5,7,12H,6H2,1H3,(H,13,14). The predicted molar refractivity (Wildman–Crippen MR) is 60.5 cm³/mol. The maximum absolute atomic E-state index is 5.50. The van der Waals surface area contributed by atoms with Gasteiger partial charge in [0.25, 0.3) is 0 Å². The van der Waals surface area contributed by atoms with Crippen LogP contribution in [0.4, 0.5) is 0 Å². The Morgan fingerprint density at radius 1 is 1.60 bits per heavy atom. The second kappa shape index (κ2) is 4.63. The molecule has 0 saturated carbocycles. The van der Waals surface area contributed by atoms with Gasteiger partial charge >= 0.3 is 0 Å². The van der Waals surface area contributed by atoms with Crippen LogP contribution in [0.1, 0.15) is 17.6 Å². The van der Waals surface area contributed by atoms with Gasteiger partial charge in [0.15, 0.2) is 4.67 Å². The summed E-state index contributed by atoms with van der Waals surface area (Å²) in [5, 5.41) is 3.20. The molecule has 2 N–H and O–H groups in total. The van der Waals surface area contributed by atoms with Crippen LogP contribution in [-0.4, -0.2) is 17.0 Å². The summed E-state index contributed by atoms with van der Waals surface area (Å²) in [6.45, 7) is 0. The van der Waals surface area contributed by atoms with Gasteiger partial charge in [-0.15, -0.1) is 0 Å². The summed E-state index contributed by atoms with van der Waals surface area (Å²) in [5.41, 5.74) is 0. The van der Waals surface area contributed by atoms with Crippen LogP contribution in [0.25, 0.3) is 0 Å². The number of hydrogen-bond donors (Lipinski definition) is 2. The van der Waals surface area contributed by atoms with Gasteiger partial charge in [0.05, 0.1) is 6.04 Å². The van der Waals surface area contributed by atoms with Crippen LogP contribution >= 0.6 is 15.9 Å². The average molecular weight is 270 g/mol. The smallest absolute Gasteiger partial charge is 0.169 e. The lowest BCUT2D eigenvalue weighted by molar-refractivity contribution is 0.413. The Morgan fingerprint density at radius 2 is 2.47 bits per heavy atom. The third-order valence-corrected chi connectivity index (χ3v) is 2.66. The van der Waals surface area contributed by atoms with Crippen LogP contribution < -0.4 is 5.32 Å². The summed E-state index contributed by atoms with van der Waals surface area (Å²) in [6, 6.07) is 3.98. The van der Waals surface area contributed by atoms with Crippen LogP contribution in [0.2, 0.25) is 0 Å². The van der Waals surface area contributed by atoms with Gasteiger partial charge in [-0.1, -0.05) is 0 Å². The van der Waals surface area contributed by atoms with E-state index in [1.165, 1.54) is 0 Å². The number of rotatable bonds is 4. The molecule has 0 aliphatic heterocycles. The first-order valence-corrected chi connectivity index (χ1v) is 5.49. The third-order valence-electron chi connectivity index (χ3n) is 2.24. The molecule has 2 rings (SSSR count). The summed E-state index contributed by atoms with van der Waals surface area (Å²) < 4.78 is 6.25. The highest BCUT2D eigenvalue weighted by molar-refractivity contribution is 9.10. The first-order valence-electron chi connectivity index (χ1n) is 4.70. The van der Waals surface area contributed by atoms with E-state index in [1.54, 1.807) is 6.20 Å². The van der Waals surface area contributed by atoms with Gasteiger partial charge in [-0.2, -0.15) is 0 Å². The Labute approximate surface area is 96.2 Å². The molecule has 0 bridgehead atoms. The molecule has 1 unspecified atom stereocenters. The topological polar surface area (TPSA) is 53.9 Å². The first kappa shape index (κ1) is 10.4. The highest BCUT2D eigenvalue weighted by Gasteiger charge is 2.14. The molecule has 0 fully saturated rings. The zero-order valence-electron chi connectivity index (χ0n) is 8.33. The van der Waals surface area contributed by atoms with Gasteiger partial charge < -0.3 is 14.7 Å². The van der Waals surface area contributed by atoms with Crippen molar-refractivity contribution in [1.82, 2.24) is 15.3 Å². The number of imidazole rings is 1. The molecule has 80 valence electrons. The van der Waals surface area contributed by atoms with E-state index in [1.807, 2.05) is 25.4 Å². The van der Waals surface area contributed by atoms with Gasteiger partial charge in [-0.05, 0) is 35.1 Å². The number of furan rings is 1. The summed E-state index contributed by atoms with van der Waals surface area (Å²) in [7, 11) is 1.91. The maximum Gasteiger partial charge on any atom is 0.169 e. The molecule has 0 saturated heterocycles. The normalized spacial score (nSPS) is 12.9. The minimum Gasteiger partial charge on any atom is -0.453 e. The minimum absolute atomic E-state index is 0.141. The lowest BCUT2D eigenvalue weighted by atomic mass is 10.1. The van der Waals surface area contributed by atoms with Crippen molar-refractivity contribution in [2.45, 2.75) is 12.5 Å². The fourth-order valence-corrected chi connectivity index (χ4v) is 1.78. The second-order valence-corrected chi connectivity index (χ2v) is 4.00. The van der Waals surface area contributed by atoms with E-state index in [0.717, 1.165) is 22.7 Å². The number of likely N-dealkylation sites (N-methyl/N-ethyl adjacent to an activating group) is 1. The number of aromatic amines is 1. The maximum atomic E-state index is 5.50. The predicted octanol–water partition coefficient (Wildman–Crippen LogP) is 2.27. The SMILES string of the molecule is CNC(Cc1ncc[nH]1)c1ccc(Br)o1. The summed E-state index contributed by atoms with van der Waals surface area (Å²) in [4.78, 5) is 7.26. The summed E-state index contributed by atoms with van der Waals surface area (Å²) >= 11 is 3.29. The molecule has 5 heteroatoms. The summed E-state index contributed by atoms with van der Waals surface area (Å²) in [5.74, 6) is 1.85. The highest BCUT2D eigenvalue weighted by Crippen LogP contribution is 2.22. The second-order valence-electron chi connectivity index (χ2n) is 3.22. The molecule has 2 heterocycles. The average Bonchev–Trinajstić information content (AvgIpc) is 2.85. The zero-order valence-corrected chi connectivity index (χ0v) is 9.91. The van der Waals surface area contributed by atoms with Gasteiger partial charge in [0, 0.05) is 18.8 Å². The van der Waals surface area contributed by atoms with Crippen molar-refractivity contribution in [3.63, 3.8) is 0 Å². The third kappa shape index (κ3) is 2.49. The molecule has 0 aliphatic rings. The molecule has 4 nitrogen and oxygen atoms in total. The molecule has 1 atom stereocenters. The van der Waals surface area contributed by atoms with Crippen molar-refractivity contribution in [3.05, 3.63) is 40.8 Å². The first-order chi connectivity index (χ1) is 7.29. The van der Waals surface area contributed by atoms with Crippen molar-refractivity contribution >= 4 is 15.9 Å². The quantitative estimate of drug-likeness (QED) is 0.896. The Bertz CT molecular complexity index is 410. The van der Waals surface area contributed by atoms with Gasteiger partial charge in [-0.3, -0.25) is 0 Å². The molecular formula is C10H12BrN3O. The molecule has 0 aromatic carbocycles. The van der Waals surface area contributed by atoms with Crippen molar-refractivity contribution in [3.8, 4) is 0 Å². The Balaban J connectivity index is 2.11. The lowest BCUT2D eigenvalue weighted by Crippen LogP contribution is -2.18. The van der Waals surface area contributed by atoms with E-state index >= 15 is 0 Å². The van der Waals surface area contributed by atoms with Crippen LogP contribution in [0.5, 0.6) is 0 Å². The largest absolute Gasteiger partial charge is 0.453 e. The Kier molecular flexibility index (Phi) is 3.23. The Morgan fingerprint density at radius 3 is 3.00 bits per heavy atom. The minimum atomic E-state index is 0.141. The lowest BCUT2D eigenvalue weighted by Gasteiger charge is -2.11. The number of nitrogens with one attached hydrogen (secondary N) is 2. The van der Waals surface area contributed by atoms with Crippen molar-refractivity contribution in [2.75, 3.05) is 7.05 Å². The number of hydrogen-bond acceptors (Lipinski definition) is 3. The molecule has 2 aromatic heterocycles. The van der Waals surface area contributed by atoms with Gasteiger partial charge in [-0.25, -0.2) is 4.98 Å². The van der Waals surface area contributed by atoms with E-state index < -0.39 is 0 Å². The van der Waals surface area contributed by atoms with Crippen LogP contribution in [0.3, 0.4) is 0 Å². The molecular weight excluding hydrogens is 258 g/mol. The number of nitrogens with zero attached hydrogens (tertiary/aromatic N) is 1. The monoisotopic (exact) mass is 269 g/mol. The van der Waals surface area contributed by atoms with E-state index in [0.29, 0.717) is 0 Å². The van der Waals surface area contributed by atoms with E-state index in [9.17, 15) is 0 Å². The van der Waals surface area contributed by atoms with E-state index in [-0.39, 0.29) is 6.04 Å². The molecule has 0 amide bonds. The zero-order chi connectivity index (χ0) is 10.7. The molecule has 0 spiro atoms. The number of aromatic nitrogens is 2. The highest BCUT2D eigenvalue weighted by atomic mass is 79.9. The van der Waals surface area contributed by atoms with Crippen LogP contribution in [0.15, 0.2) is 33.6 Å². The number of H-pyrrole nitrogens is 1. The summed E-state index contributed by atoms with van der Waals surface area (Å²) in [6.07, 6.45) is 4.35. The Hall–Kier alpha value is -1.07. The molecule has 2 aromatic rings. The fraction of sp³-hybridized carbons (Fsp3) is 0.300. The van der Waals surface area contributed by atoms with Gasteiger partial charge in [0.2, 0.25) is 0 Å². The van der Waals surface area contributed by atoms with Gasteiger partial charge in [0.1, 0.15) is 11.6 Å². The molecule has 0 aliphatic carbocycles. The fourth-order valence-electron chi connectivity index (χ4n) is 1.46. The van der Waals surface area contributed by atoms with E-state index in [4.69, 9.17) is 4.42 Å². The molecule has 15 heavy (non-hydrogen) atoms.